The highest BCUT2D eigenvalue weighted by Gasteiger charge is 2.20. The third kappa shape index (κ3) is 9.79. The Morgan fingerprint density at radius 2 is 1.71 bits per heavy atom. The molecule has 0 saturated carbocycles. The van der Waals surface area contributed by atoms with Crippen LogP contribution < -0.4 is 10.0 Å². The third-order valence-corrected chi connectivity index (χ3v) is 7.59. The van der Waals surface area contributed by atoms with Crippen LogP contribution in [0, 0.1) is 6.92 Å². The summed E-state index contributed by atoms with van der Waals surface area (Å²) < 4.78 is 3.72. The Balaban J connectivity index is 0.000000255. The molecule has 2 N–H and O–H groups in total. The van der Waals surface area contributed by atoms with Crippen molar-refractivity contribution in [1.29, 1.82) is 0 Å². The monoisotopic (exact) mass is 497 g/mol. The molecule has 1 aliphatic carbocycles. The molecule has 0 unspecified atom stereocenters. The van der Waals surface area contributed by atoms with E-state index in [0.29, 0.717) is 12.5 Å². The molecule has 0 bridgehead atoms. The molecule has 4 rings (SSSR count). The van der Waals surface area contributed by atoms with Gasteiger partial charge in [-0.15, -0.1) is 0 Å². The Morgan fingerprint density at radius 1 is 1.03 bits per heavy atom. The molecule has 1 heterocycles. The van der Waals surface area contributed by atoms with Gasteiger partial charge in [-0.1, -0.05) is 31.2 Å². The summed E-state index contributed by atoms with van der Waals surface area (Å²) in [6.45, 7) is 6.34. The zero-order valence-electron chi connectivity index (χ0n) is 21.9. The van der Waals surface area contributed by atoms with Crippen LogP contribution >= 0.6 is 11.9 Å². The predicted octanol–water partition coefficient (Wildman–Crippen LogP) is 6.09. The number of fused-ring (bicyclic) bond motifs is 1. The second-order valence-electron chi connectivity index (χ2n) is 9.25. The van der Waals surface area contributed by atoms with Crippen molar-refractivity contribution in [3.05, 3.63) is 58.7 Å². The Morgan fingerprint density at radius 3 is 2.26 bits per heavy atom. The quantitative estimate of drug-likeness (QED) is 0.356. The van der Waals surface area contributed by atoms with Crippen molar-refractivity contribution in [2.24, 2.45) is 0 Å². The van der Waals surface area contributed by atoms with Crippen molar-refractivity contribution < 1.29 is 9.59 Å². The lowest BCUT2D eigenvalue weighted by Crippen LogP contribution is -2.38. The van der Waals surface area contributed by atoms with Crippen molar-refractivity contribution in [1.82, 2.24) is 9.62 Å². The van der Waals surface area contributed by atoms with Gasteiger partial charge in [-0.3, -0.25) is 9.52 Å². The van der Waals surface area contributed by atoms with Gasteiger partial charge in [-0.25, -0.2) is 0 Å². The van der Waals surface area contributed by atoms with Gasteiger partial charge in [0.1, 0.15) is 12.6 Å². The number of hydrogen-bond acceptors (Lipinski definition) is 6. The van der Waals surface area contributed by atoms with Gasteiger partial charge in [0.05, 0.1) is 0 Å². The average Bonchev–Trinajstić information content (AvgIpc) is 2.90. The summed E-state index contributed by atoms with van der Waals surface area (Å²) >= 11 is 1.87. The number of hydrogen-bond donors (Lipinski definition) is 2. The Kier molecular flexibility index (Phi) is 13.7. The van der Waals surface area contributed by atoms with Crippen LogP contribution in [-0.2, 0) is 17.6 Å². The fraction of sp³-hybridized carbons (Fsp3) is 0.517. The molecule has 0 spiro atoms. The highest BCUT2D eigenvalue weighted by Crippen LogP contribution is 2.35. The number of carbonyl (C=O) groups is 2. The van der Waals surface area contributed by atoms with Crippen LogP contribution in [0.1, 0.15) is 72.5 Å². The maximum Gasteiger partial charge on any atom is 0.150 e. The first-order valence-electron chi connectivity index (χ1n) is 12.9. The maximum atomic E-state index is 10.2. The molecule has 1 saturated heterocycles. The molecule has 35 heavy (non-hydrogen) atoms. The van der Waals surface area contributed by atoms with Crippen molar-refractivity contribution >= 4 is 30.2 Å². The minimum atomic E-state index is 0.661. The van der Waals surface area contributed by atoms with Gasteiger partial charge >= 0.3 is 0 Å². The van der Waals surface area contributed by atoms with E-state index in [2.05, 4.69) is 34.1 Å². The third-order valence-electron chi connectivity index (χ3n) is 6.54. The molecule has 0 radical (unpaired) electrons. The number of aldehydes is 2. The normalized spacial score (nSPS) is 15.5. The minimum Gasteiger partial charge on any atom is -0.388 e. The molecule has 0 aromatic heterocycles. The average molecular weight is 498 g/mol. The van der Waals surface area contributed by atoms with E-state index in [-0.39, 0.29) is 0 Å². The summed E-state index contributed by atoms with van der Waals surface area (Å²) in [5, 5.41) is 3.36. The highest BCUT2D eigenvalue weighted by atomic mass is 32.2. The van der Waals surface area contributed by atoms with Gasteiger partial charge in [0, 0.05) is 35.7 Å². The van der Waals surface area contributed by atoms with E-state index < -0.39 is 0 Å². The molecule has 0 amide bonds. The number of piperidine rings is 1. The smallest absolute Gasteiger partial charge is 0.150 e. The Hall–Kier alpha value is -2.15. The molecule has 2 aliphatic rings. The largest absolute Gasteiger partial charge is 0.388 e. The van der Waals surface area contributed by atoms with Gasteiger partial charge < -0.3 is 15.0 Å². The fourth-order valence-electron chi connectivity index (χ4n) is 4.27. The van der Waals surface area contributed by atoms with Gasteiger partial charge in [0.15, 0.2) is 0 Å². The van der Waals surface area contributed by atoms with Crippen molar-refractivity contribution in [3.63, 3.8) is 0 Å². The van der Waals surface area contributed by atoms with E-state index in [0.717, 1.165) is 30.1 Å². The van der Waals surface area contributed by atoms with Gasteiger partial charge in [0.2, 0.25) is 0 Å². The molecule has 192 valence electrons. The van der Waals surface area contributed by atoms with Gasteiger partial charge in [0.25, 0.3) is 0 Å². The first-order valence-corrected chi connectivity index (χ1v) is 13.7. The number of nitrogens with one attached hydrogen (secondary N) is 2. The van der Waals surface area contributed by atoms with Crippen molar-refractivity contribution in [3.8, 4) is 0 Å². The summed E-state index contributed by atoms with van der Waals surface area (Å²) in [4.78, 5) is 23.5. The number of benzene rings is 2. The number of carbonyl (C=O) groups excluding carboxylic acids is 2. The molecular weight excluding hydrogens is 454 g/mol. The fourth-order valence-corrected chi connectivity index (χ4v) is 5.29. The molecule has 1 aliphatic heterocycles. The number of nitrogens with zero attached hydrogens (tertiary/aromatic N) is 1. The zero-order valence-corrected chi connectivity index (χ0v) is 22.8. The van der Waals surface area contributed by atoms with Crippen LogP contribution in [0.2, 0.25) is 0 Å². The highest BCUT2D eigenvalue weighted by molar-refractivity contribution is 7.97. The van der Waals surface area contributed by atoms with E-state index in [9.17, 15) is 9.59 Å². The summed E-state index contributed by atoms with van der Waals surface area (Å²) in [5.74, 6) is 0. The minimum absolute atomic E-state index is 0.661. The number of likely N-dealkylation sites (tertiary alicyclic amines) is 1. The summed E-state index contributed by atoms with van der Waals surface area (Å²) in [6.07, 6.45) is 11.1. The van der Waals surface area contributed by atoms with E-state index in [1.54, 1.807) is 11.1 Å². The van der Waals surface area contributed by atoms with Gasteiger partial charge in [-0.05, 0) is 113 Å². The second-order valence-corrected chi connectivity index (χ2v) is 10.1. The van der Waals surface area contributed by atoms with Crippen LogP contribution in [0.25, 0.3) is 0 Å². The van der Waals surface area contributed by atoms with E-state index >= 15 is 0 Å². The molecule has 1 fully saturated rings. The van der Waals surface area contributed by atoms with Crippen LogP contribution in [0.4, 0.5) is 5.69 Å². The lowest BCUT2D eigenvalue weighted by Gasteiger charge is -2.30. The molecule has 0 atom stereocenters. The number of anilines is 1. The predicted molar refractivity (Wildman–Crippen MR) is 150 cm³/mol. The molecular formula is C29H43N3O2S. The second kappa shape index (κ2) is 16.5. The lowest BCUT2D eigenvalue weighted by atomic mass is 9.90. The number of aryl methyl sites for hydroxylation is 1. The SMILES string of the molecule is CCCC=O.CNc1ccc(SNC2CCN(C)CC2)c2c1CCCC2.Cc1ccccc1C=O. The summed E-state index contributed by atoms with van der Waals surface area (Å²) in [5.41, 5.74) is 6.27. The van der Waals surface area contributed by atoms with E-state index in [4.69, 9.17) is 0 Å². The first-order chi connectivity index (χ1) is 17.0. The molecule has 6 heteroatoms. The number of unbranched alkanes of at least 4 members (excludes halogenated alkanes) is 1. The summed E-state index contributed by atoms with van der Waals surface area (Å²) in [7, 11) is 4.25. The van der Waals surface area contributed by atoms with Crippen molar-refractivity contribution in [2.75, 3.05) is 32.5 Å². The molecule has 5 nitrogen and oxygen atoms in total. The van der Waals surface area contributed by atoms with Crippen LogP contribution in [0.15, 0.2) is 41.3 Å². The Labute approximate surface area is 216 Å². The lowest BCUT2D eigenvalue weighted by molar-refractivity contribution is -0.107. The van der Waals surface area contributed by atoms with E-state index in [1.165, 1.54) is 62.2 Å². The zero-order chi connectivity index (χ0) is 25.5. The number of rotatable bonds is 7. The summed E-state index contributed by atoms with van der Waals surface area (Å²) in [6, 6.07) is 12.7. The van der Waals surface area contributed by atoms with Crippen molar-refractivity contribution in [2.45, 2.75) is 76.2 Å². The topological polar surface area (TPSA) is 61.4 Å². The first kappa shape index (κ1) is 29.1. The standard InChI is InChI=1S/C17H27N3S.C8H8O.C4H8O/c1-18-16-7-8-17(15-6-4-3-5-14(15)16)21-19-13-9-11-20(2)12-10-13;1-7-4-2-3-5-8(7)6-9;1-2-3-4-5/h7-8,13,18-19H,3-6,9-12H2,1-2H3;2-6H,1H3;4H,2-3H2,1H3. The molecule has 2 aromatic rings. The van der Waals surface area contributed by atoms with E-state index in [1.807, 2.05) is 57.1 Å². The van der Waals surface area contributed by atoms with Gasteiger partial charge in [-0.2, -0.15) is 0 Å². The molecule has 2 aromatic carbocycles. The van der Waals surface area contributed by atoms with Crippen LogP contribution in [0.3, 0.4) is 0 Å². The Bertz CT molecular complexity index is 911. The maximum absolute atomic E-state index is 10.2. The van der Waals surface area contributed by atoms with Crippen LogP contribution in [0.5, 0.6) is 0 Å². The van der Waals surface area contributed by atoms with Crippen LogP contribution in [-0.4, -0.2) is 50.7 Å².